The Morgan fingerprint density at radius 3 is 2.14 bits per heavy atom. The number of amides is 1. The minimum absolute atomic E-state index is 0.0509. The van der Waals surface area contributed by atoms with Gasteiger partial charge in [0.2, 0.25) is 0 Å². The number of nitrogens with two attached hydrogens (primary N) is 2. The summed E-state index contributed by atoms with van der Waals surface area (Å²) in [7, 11) is 1.40. The molecule has 2 aromatic rings. The number of halogens is 2. The highest BCUT2D eigenvalue weighted by Crippen LogP contribution is 2.47. The molecule has 5 N–H and O–H groups in total. The molecular weight excluding hydrogens is 471 g/mol. The number of allylic oxidation sites excluding steroid dienone is 5. The second-order valence-electron chi connectivity index (χ2n) is 7.80. The summed E-state index contributed by atoms with van der Waals surface area (Å²) in [6.07, 6.45) is 2.97. The molecule has 1 amide bonds. The number of rotatable bonds is 7. The molecule has 6 nitrogen and oxygen atoms in total. The summed E-state index contributed by atoms with van der Waals surface area (Å²) >= 11 is 0. The van der Waals surface area contributed by atoms with Crippen LogP contribution in [-0.2, 0) is 4.79 Å². The number of aryl methyl sites for hydroxylation is 1. The van der Waals surface area contributed by atoms with Crippen LogP contribution in [0.5, 0.6) is 5.75 Å². The van der Waals surface area contributed by atoms with Gasteiger partial charge in [0.1, 0.15) is 11.6 Å². The van der Waals surface area contributed by atoms with Crippen LogP contribution in [0.1, 0.15) is 67.4 Å². The largest absolute Gasteiger partial charge is 0.508 e. The van der Waals surface area contributed by atoms with Crippen LogP contribution in [0.4, 0.5) is 14.6 Å². The highest BCUT2D eigenvalue weighted by atomic mass is 31.0. The first kappa shape index (κ1) is 29.8. The van der Waals surface area contributed by atoms with E-state index in [4.69, 9.17) is 11.5 Å². The highest BCUT2D eigenvalue weighted by Gasteiger charge is 2.37. The SMILES string of the molecule is C=C(c1c(C(N)=O)c(N)n(-c2c(C)ccc(O)c2C)c1C(=C/C)/C(C)=C\C(C)=O)C(F)(F)P.CC. The standard InChI is InChI=1S/C24H28F2N3O3P.C2H6/c1-7-16(12(3)10-13(4)30)21-18(15(6)24(25,26)33)19(23(28)32)22(27)29(21)20-11(2)8-9-17(31)14(20)5;1-2/h7-10,31H,6,27,33H2,1-5H3,(H2,28,32);1-2H3/b12-10-,16-7+;. The third-order valence-electron chi connectivity index (χ3n) is 5.37. The van der Waals surface area contributed by atoms with Crippen molar-refractivity contribution in [1.82, 2.24) is 4.57 Å². The average Bonchev–Trinajstić information content (AvgIpc) is 3.04. The lowest BCUT2D eigenvalue weighted by molar-refractivity contribution is -0.112. The number of anilines is 1. The molecule has 0 fully saturated rings. The summed E-state index contributed by atoms with van der Waals surface area (Å²) < 4.78 is 30.4. The molecule has 190 valence electrons. The molecular formula is C26H34F2N3O3P. The molecule has 0 aliphatic heterocycles. The Morgan fingerprint density at radius 1 is 1.17 bits per heavy atom. The van der Waals surface area contributed by atoms with Crippen molar-refractivity contribution in [1.29, 1.82) is 0 Å². The number of nitrogens with zero attached hydrogens (tertiary/aromatic N) is 1. The van der Waals surface area contributed by atoms with Crippen molar-refractivity contribution in [2.24, 2.45) is 5.73 Å². The molecule has 0 aliphatic carbocycles. The fourth-order valence-electron chi connectivity index (χ4n) is 3.89. The first-order valence-electron chi connectivity index (χ1n) is 11.0. The van der Waals surface area contributed by atoms with Crippen molar-refractivity contribution in [3.8, 4) is 11.4 Å². The first-order valence-corrected chi connectivity index (χ1v) is 11.6. The number of hydrogen-bond donors (Lipinski definition) is 3. The zero-order chi connectivity index (χ0) is 27.4. The minimum Gasteiger partial charge on any atom is -0.508 e. The number of carbonyl (C=O) groups excluding carboxylic acids is 2. The highest BCUT2D eigenvalue weighted by molar-refractivity contribution is 7.19. The minimum atomic E-state index is -3.49. The van der Waals surface area contributed by atoms with E-state index in [0.29, 0.717) is 28.0 Å². The lowest BCUT2D eigenvalue weighted by atomic mass is 9.93. The van der Waals surface area contributed by atoms with E-state index in [1.165, 1.54) is 32.9 Å². The van der Waals surface area contributed by atoms with Gasteiger partial charge in [-0.15, -0.1) is 0 Å². The molecule has 1 atom stereocenters. The smallest absolute Gasteiger partial charge is 0.283 e. The molecule has 1 aromatic heterocycles. The molecule has 0 saturated heterocycles. The third kappa shape index (κ3) is 5.88. The number of carbonyl (C=O) groups is 2. The number of benzene rings is 1. The van der Waals surface area contributed by atoms with E-state index in [-0.39, 0.29) is 34.2 Å². The van der Waals surface area contributed by atoms with Crippen LogP contribution >= 0.6 is 9.24 Å². The van der Waals surface area contributed by atoms with Crippen molar-refractivity contribution in [3.63, 3.8) is 0 Å². The van der Waals surface area contributed by atoms with Gasteiger partial charge in [-0.2, -0.15) is 8.78 Å². The van der Waals surface area contributed by atoms with Crippen LogP contribution in [-0.4, -0.2) is 27.0 Å². The third-order valence-corrected chi connectivity index (χ3v) is 5.72. The Morgan fingerprint density at radius 2 is 1.71 bits per heavy atom. The molecule has 2 rings (SSSR count). The summed E-state index contributed by atoms with van der Waals surface area (Å²) in [5.41, 5.74) is 9.64. The molecule has 0 aliphatic rings. The van der Waals surface area contributed by atoms with Crippen LogP contribution in [0.25, 0.3) is 16.8 Å². The molecule has 0 bridgehead atoms. The predicted molar refractivity (Wildman–Crippen MR) is 143 cm³/mol. The fraction of sp³-hybridized carbons (Fsp3) is 0.308. The van der Waals surface area contributed by atoms with E-state index in [1.54, 1.807) is 39.8 Å². The van der Waals surface area contributed by atoms with E-state index in [1.807, 2.05) is 13.8 Å². The monoisotopic (exact) mass is 505 g/mol. The van der Waals surface area contributed by atoms with E-state index in [0.717, 1.165) is 0 Å². The van der Waals surface area contributed by atoms with Gasteiger partial charge < -0.3 is 16.6 Å². The summed E-state index contributed by atoms with van der Waals surface area (Å²) in [4.78, 5) is 24.3. The average molecular weight is 506 g/mol. The summed E-state index contributed by atoms with van der Waals surface area (Å²) in [6, 6.07) is 3.13. The van der Waals surface area contributed by atoms with Gasteiger partial charge in [0, 0.05) is 16.7 Å². The normalized spacial score (nSPS) is 12.2. The van der Waals surface area contributed by atoms with Crippen LogP contribution in [0.15, 0.2) is 36.4 Å². The van der Waals surface area contributed by atoms with Gasteiger partial charge in [-0.1, -0.05) is 41.8 Å². The number of phenolic OH excluding ortho intramolecular Hbond substituents is 1. The van der Waals surface area contributed by atoms with Crippen LogP contribution < -0.4 is 11.5 Å². The van der Waals surface area contributed by atoms with Crippen molar-refractivity contribution < 1.29 is 23.5 Å². The summed E-state index contributed by atoms with van der Waals surface area (Å²) in [5.74, 6) is -1.51. The van der Waals surface area contributed by atoms with E-state index in [2.05, 4.69) is 6.58 Å². The maximum atomic E-state index is 14.5. The number of nitrogen functional groups attached to an aromatic ring is 1. The van der Waals surface area contributed by atoms with Gasteiger partial charge in [-0.05, 0) is 63.5 Å². The van der Waals surface area contributed by atoms with Gasteiger partial charge >= 0.3 is 0 Å². The van der Waals surface area contributed by atoms with Crippen molar-refractivity contribution >= 4 is 37.9 Å². The molecule has 1 heterocycles. The first-order chi connectivity index (χ1) is 16.1. The second-order valence-corrected chi connectivity index (χ2v) is 8.53. The van der Waals surface area contributed by atoms with Crippen LogP contribution in [0.3, 0.4) is 0 Å². The summed E-state index contributed by atoms with van der Waals surface area (Å²) in [5, 5.41) is 10.4. The topological polar surface area (TPSA) is 111 Å². The number of aromatic hydroxyl groups is 1. The summed E-state index contributed by atoms with van der Waals surface area (Å²) in [6.45, 7) is 15.6. The number of hydrogen-bond acceptors (Lipinski definition) is 4. The van der Waals surface area contributed by atoms with Crippen LogP contribution in [0.2, 0.25) is 0 Å². The molecule has 0 saturated carbocycles. The Kier molecular flexibility index (Phi) is 9.74. The molecule has 1 aromatic carbocycles. The van der Waals surface area contributed by atoms with Gasteiger partial charge in [0.05, 0.1) is 16.9 Å². The Balaban J connectivity index is 0.00000298. The number of aromatic nitrogens is 1. The Bertz CT molecular complexity index is 1240. The number of primary amides is 1. The fourth-order valence-corrected chi connectivity index (χ4v) is 4.03. The number of phenols is 1. The van der Waals surface area contributed by atoms with E-state index < -0.39 is 17.1 Å². The van der Waals surface area contributed by atoms with Crippen molar-refractivity contribution in [2.75, 3.05) is 5.73 Å². The lowest BCUT2D eigenvalue weighted by Crippen LogP contribution is -2.17. The predicted octanol–water partition coefficient (Wildman–Crippen LogP) is 5.93. The van der Waals surface area contributed by atoms with Gasteiger partial charge in [-0.3, -0.25) is 14.2 Å². The molecule has 1 unspecified atom stereocenters. The molecule has 35 heavy (non-hydrogen) atoms. The van der Waals surface area contributed by atoms with E-state index >= 15 is 0 Å². The number of alkyl halides is 2. The maximum absolute atomic E-state index is 14.5. The maximum Gasteiger partial charge on any atom is 0.283 e. The van der Waals surface area contributed by atoms with Gasteiger partial charge in [0.25, 0.3) is 11.6 Å². The van der Waals surface area contributed by atoms with Gasteiger partial charge in [-0.25, -0.2) is 0 Å². The van der Waals surface area contributed by atoms with Crippen molar-refractivity contribution in [2.45, 2.75) is 54.1 Å². The van der Waals surface area contributed by atoms with Crippen molar-refractivity contribution in [3.05, 3.63) is 64.4 Å². The molecule has 0 radical (unpaired) electrons. The van der Waals surface area contributed by atoms with E-state index in [9.17, 15) is 23.5 Å². The Labute approximate surface area is 207 Å². The number of ketones is 1. The lowest BCUT2D eigenvalue weighted by Gasteiger charge is -2.22. The van der Waals surface area contributed by atoms with Gasteiger partial charge in [0.15, 0.2) is 5.78 Å². The quantitative estimate of drug-likeness (QED) is 0.246. The second kappa shape index (κ2) is 11.5. The molecule has 0 spiro atoms. The Hall–Kier alpha value is -3.25. The van der Waals surface area contributed by atoms with Crippen LogP contribution in [0, 0.1) is 13.8 Å². The zero-order valence-electron chi connectivity index (χ0n) is 21.2. The zero-order valence-corrected chi connectivity index (χ0v) is 22.4. The molecule has 9 heteroatoms.